The van der Waals surface area contributed by atoms with Gasteiger partial charge in [-0.1, -0.05) is 64.0 Å². The van der Waals surface area contributed by atoms with Gasteiger partial charge in [0, 0.05) is 15.0 Å². The molecule has 1 atom stereocenters. The Balaban J connectivity index is 2.14. The van der Waals surface area contributed by atoms with Crippen LogP contribution in [0.2, 0.25) is 0 Å². The highest BCUT2D eigenvalue weighted by atomic mass is 79.9. The summed E-state index contributed by atoms with van der Waals surface area (Å²) in [5.74, 6) is 0.887. The smallest absolute Gasteiger partial charge is 0.0331 e. The Kier molecular flexibility index (Phi) is 5.91. The van der Waals surface area contributed by atoms with Crippen molar-refractivity contribution in [2.75, 3.05) is 7.05 Å². The maximum Gasteiger partial charge on any atom is 0.0331 e. The van der Waals surface area contributed by atoms with Crippen LogP contribution in [0.3, 0.4) is 0 Å². The molecule has 0 aliphatic heterocycles. The molecule has 3 heteroatoms. The minimum absolute atomic E-state index is 0.453. The van der Waals surface area contributed by atoms with Gasteiger partial charge in [-0.05, 0) is 49.6 Å². The first kappa shape index (κ1) is 15.5. The second kappa shape index (κ2) is 7.24. The first-order chi connectivity index (χ1) is 9.11. The summed E-state index contributed by atoms with van der Waals surface area (Å²) >= 11 is 7.38. The van der Waals surface area contributed by atoms with Crippen molar-refractivity contribution in [2.45, 2.75) is 51.5 Å². The zero-order valence-electron chi connectivity index (χ0n) is 11.8. The van der Waals surface area contributed by atoms with E-state index in [0.29, 0.717) is 6.04 Å². The van der Waals surface area contributed by atoms with Gasteiger partial charge in [0.1, 0.15) is 0 Å². The number of hydrogen-bond acceptors (Lipinski definition) is 1. The molecule has 1 saturated carbocycles. The first-order valence-corrected chi connectivity index (χ1v) is 8.83. The number of halogens is 2. The van der Waals surface area contributed by atoms with Gasteiger partial charge >= 0.3 is 0 Å². The molecule has 0 bridgehead atoms. The van der Waals surface area contributed by atoms with E-state index in [2.05, 4.69) is 63.3 Å². The largest absolute Gasteiger partial charge is 0.313 e. The summed E-state index contributed by atoms with van der Waals surface area (Å²) in [5.41, 5.74) is 2.66. The monoisotopic (exact) mass is 387 g/mol. The summed E-state index contributed by atoms with van der Waals surface area (Å²) in [6.45, 7) is 2.13. The lowest BCUT2D eigenvalue weighted by Crippen LogP contribution is -2.21. The SMILES string of the molecule is CNC(CC1CCCCC1)c1cc(Br)c(C)cc1Br. The van der Waals surface area contributed by atoms with E-state index in [4.69, 9.17) is 0 Å². The summed E-state index contributed by atoms with van der Waals surface area (Å²) in [6.07, 6.45) is 8.33. The van der Waals surface area contributed by atoms with Crippen molar-refractivity contribution in [3.8, 4) is 0 Å². The zero-order valence-corrected chi connectivity index (χ0v) is 15.0. The van der Waals surface area contributed by atoms with Crippen molar-refractivity contribution >= 4 is 31.9 Å². The van der Waals surface area contributed by atoms with Gasteiger partial charge in [-0.25, -0.2) is 0 Å². The third kappa shape index (κ3) is 4.05. The Morgan fingerprint density at radius 2 is 1.84 bits per heavy atom. The molecule has 0 radical (unpaired) electrons. The summed E-state index contributed by atoms with van der Waals surface area (Å²) in [7, 11) is 2.08. The van der Waals surface area contributed by atoms with Crippen molar-refractivity contribution in [1.82, 2.24) is 5.32 Å². The Morgan fingerprint density at radius 3 is 2.47 bits per heavy atom. The molecule has 1 nitrogen and oxygen atoms in total. The Labute approximate surface area is 133 Å². The molecule has 1 aromatic carbocycles. The standard InChI is InChI=1S/C16H23Br2N/c1-11-8-15(18)13(10-14(11)17)16(19-2)9-12-6-4-3-5-7-12/h8,10,12,16,19H,3-7,9H2,1-2H3. The molecule has 0 heterocycles. The number of benzene rings is 1. The lowest BCUT2D eigenvalue weighted by atomic mass is 9.83. The van der Waals surface area contributed by atoms with Crippen LogP contribution < -0.4 is 5.32 Å². The third-order valence-corrected chi connectivity index (χ3v) is 5.84. The Morgan fingerprint density at radius 1 is 1.16 bits per heavy atom. The van der Waals surface area contributed by atoms with Crippen LogP contribution in [0.25, 0.3) is 0 Å². The van der Waals surface area contributed by atoms with E-state index in [1.54, 1.807) is 0 Å². The molecular weight excluding hydrogens is 366 g/mol. The molecule has 0 amide bonds. The average molecular weight is 389 g/mol. The van der Waals surface area contributed by atoms with Gasteiger partial charge < -0.3 is 5.32 Å². The van der Waals surface area contributed by atoms with Crippen LogP contribution in [0.15, 0.2) is 21.1 Å². The molecule has 2 rings (SSSR count). The highest BCUT2D eigenvalue weighted by molar-refractivity contribution is 9.11. The van der Waals surface area contributed by atoms with Crippen molar-refractivity contribution in [1.29, 1.82) is 0 Å². The Bertz CT molecular complexity index is 425. The van der Waals surface area contributed by atoms with Crippen molar-refractivity contribution in [2.24, 2.45) is 5.92 Å². The fourth-order valence-corrected chi connectivity index (χ4v) is 4.18. The van der Waals surface area contributed by atoms with Crippen molar-refractivity contribution in [3.05, 3.63) is 32.2 Å². The number of rotatable bonds is 4. The van der Waals surface area contributed by atoms with Crippen LogP contribution in [0.1, 0.15) is 55.7 Å². The molecule has 1 fully saturated rings. The van der Waals surface area contributed by atoms with E-state index in [1.165, 1.54) is 58.6 Å². The number of hydrogen-bond donors (Lipinski definition) is 1. The fourth-order valence-electron chi connectivity index (χ4n) is 3.09. The second-order valence-electron chi connectivity index (χ2n) is 5.70. The van der Waals surface area contributed by atoms with E-state index in [1.807, 2.05) is 0 Å². The van der Waals surface area contributed by atoms with E-state index >= 15 is 0 Å². The van der Waals surface area contributed by atoms with Crippen molar-refractivity contribution < 1.29 is 0 Å². The molecule has 1 unspecified atom stereocenters. The van der Waals surface area contributed by atoms with Gasteiger partial charge in [0.05, 0.1) is 0 Å². The summed E-state index contributed by atoms with van der Waals surface area (Å²) in [4.78, 5) is 0. The molecule has 0 saturated heterocycles. The van der Waals surface area contributed by atoms with Gasteiger partial charge in [0.15, 0.2) is 0 Å². The summed E-state index contributed by atoms with van der Waals surface area (Å²) in [5, 5.41) is 3.50. The van der Waals surface area contributed by atoms with Crippen LogP contribution in [-0.2, 0) is 0 Å². The molecule has 1 N–H and O–H groups in total. The molecule has 19 heavy (non-hydrogen) atoms. The summed E-state index contributed by atoms with van der Waals surface area (Å²) < 4.78 is 2.43. The predicted octanol–water partition coefficient (Wildman–Crippen LogP) is 5.75. The van der Waals surface area contributed by atoms with Crippen LogP contribution in [0, 0.1) is 12.8 Å². The van der Waals surface area contributed by atoms with Gasteiger partial charge in [-0.2, -0.15) is 0 Å². The first-order valence-electron chi connectivity index (χ1n) is 7.24. The topological polar surface area (TPSA) is 12.0 Å². The molecule has 106 valence electrons. The Hall–Kier alpha value is 0.140. The van der Waals surface area contributed by atoms with Crippen LogP contribution in [0.4, 0.5) is 0 Å². The minimum atomic E-state index is 0.453. The van der Waals surface area contributed by atoms with Gasteiger partial charge in [0.2, 0.25) is 0 Å². The van der Waals surface area contributed by atoms with E-state index in [0.717, 1.165) is 5.92 Å². The van der Waals surface area contributed by atoms with Crippen molar-refractivity contribution in [3.63, 3.8) is 0 Å². The maximum atomic E-state index is 3.73. The highest BCUT2D eigenvalue weighted by Crippen LogP contribution is 2.36. The summed E-state index contributed by atoms with van der Waals surface area (Å²) in [6, 6.07) is 4.93. The molecule has 1 aromatic rings. The predicted molar refractivity (Wildman–Crippen MR) is 89.6 cm³/mol. The van der Waals surface area contributed by atoms with Gasteiger partial charge in [-0.15, -0.1) is 0 Å². The normalized spacial score (nSPS) is 18.5. The van der Waals surface area contributed by atoms with Crippen LogP contribution in [-0.4, -0.2) is 7.05 Å². The van der Waals surface area contributed by atoms with Crippen LogP contribution >= 0.6 is 31.9 Å². The number of aryl methyl sites for hydroxylation is 1. The minimum Gasteiger partial charge on any atom is -0.313 e. The highest BCUT2D eigenvalue weighted by Gasteiger charge is 2.21. The second-order valence-corrected chi connectivity index (χ2v) is 7.41. The van der Waals surface area contributed by atoms with Gasteiger partial charge in [0.25, 0.3) is 0 Å². The average Bonchev–Trinajstić information content (AvgIpc) is 2.42. The lowest BCUT2D eigenvalue weighted by Gasteiger charge is -2.27. The quantitative estimate of drug-likeness (QED) is 0.692. The van der Waals surface area contributed by atoms with Gasteiger partial charge in [-0.3, -0.25) is 0 Å². The molecule has 1 aliphatic rings. The van der Waals surface area contributed by atoms with E-state index < -0.39 is 0 Å². The van der Waals surface area contributed by atoms with E-state index in [-0.39, 0.29) is 0 Å². The fraction of sp³-hybridized carbons (Fsp3) is 0.625. The lowest BCUT2D eigenvalue weighted by molar-refractivity contribution is 0.305. The van der Waals surface area contributed by atoms with E-state index in [9.17, 15) is 0 Å². The maximum absolute atomic E-state index is 3.73. The third-order valence-electron chi connectivity index (χ3n) is 4.30. The number of nitrogens with one attached hydrogen (secondary N) is 1. The molecular formula is C16H23Br2N. The van der Waals surface area contributed by atoms with Crippen LogP contribution in [0.5, 0.6) is 0 Å². The zero-order chi connectivity index (χ0) is 13.8. The molecule has 0 spiro atoms. The molecule has 0 aromatic heterocycles. The molecule has 1 aliphatic carbocycles.